The first-order valence-electron chi connectivity index (χ1n) is 11.6. The van der Waals surface area contributed by atoms with E-state index in [1.54, 1.807) is 0 Å². The highest BCUT2D eigenvalue weighted by Crippen LogP contribution is 2.30. The molecule has 5 nitrogen and oxygen atoms in total. The van der Waals surface area contributed by atoms with Gasteiger partial charge in [-0.05, 0) is 61.9 Å². The van der Waals surface area contributed by atoms with Crippen LogP contribution in [0.15, 0.2) is 30.5 Å². The van der Waals surface area contributed by atoms with Gasteiger partial charge in [0.15, 0.2) is 0 Å². The Hall–Kier alpha value is -1.99. The minimum absolute atomic E-state index is 0.197. The second kappa shape index (κ2) is 9.65. The summed E-state index contributed by atoms with van der Waals surface area (Å²) >= 11 is 0. The van der Waals surface area contributed by atoms with E-state index in [0.29, 0.717) is 19.1 Å². The van der Waals surface area contributed by atoms with Crippen molar-refractivity contribution in [2.75, 3.05) is 31.3 Å². The summed E-state index contributed by atoms with van der Waals surface area (Å²) in [5, 5.41) is 2.24. The number of aromatic nitrogens is 3. The molecule has 1 aliphatic rings. The van der Waals surface area contributed by atoms with Crippen LogP contribution in [0.1, 0.15) is 25.7 Å². The number of fused-ring (bicyclic) bond motifs is 3. The van der Waals surface area contributed by atoms with E-state index in [0.717, 1.165) is 72.9 Å². The van der Waals surface area contributed by atoms with Gasteiger partial charge in [-0.25, -0.2) is 9.97 Å². The largest absolute Gasteiger partial charge is 0.361 e. The number of halogens is 1. The lowest BCUT2D eigenvalue weighted by Gasteiger charge is -2.32. The van der Waals surface area contributed by atoms with E-state index in [1.165, 1.54) is 0 Å². The maximum atomic E-state index is 12.5. The Morgan fingerprint density at radius 1 is 1.10 bits per heavy atom. The molecule has 0 unspecified atom stereocenters. The first kappa shape index (κ1) is 22.2. The zero-order valence-corrected chi connectivity index (χ0v) is 20.1. The van der Waals surface area contributed by atoms with Crippen LogP contribution in [0.25, 0.3) is 22.1 Å². The summed E-state index contributed by atoms with van der Waals surface area (Å²) in [6.45, 7) is 10.1. The number of nitrogens with zero attached hydrogens (tertiary/aromatic N) is 4. The molecule has 168 valence electrons. The average Bonchev–Trinajstić information content (AvgIpc) is 3.08. The van der Waals surface area contributed by atoms with Crippen LogP contribution in [0, 0.1) is 5.92 Å². The molecule has 4 rings (SSSR count). The highest BCUT2D eigenvalue weighted by molar-refractivity contribution is 6.76. The third-order valence-corrected chi connectivity index (χ3v) is 8.05. The SMILES string of the molecule is C[Si](C)(C)CCOCn1c2ncccc2c2ccc(N3CCC(CCCF)CC3)nc21. The van der Waals surface area contributed by atoms with Crippen LogP contribution in [0.4, 0.5) is 10.2 Å². The summed E-state index contributed by atoms with van der Waals surface area (Å²) in [5.41, 5.74) is 1.87. The Kier molecular flexibility index (Phi) is 6.91. The van der Waals surface area contributed by atoms with Crippen molar-refractivity contribution in [1.29, 1.82) is 0 Å². The maximum Gasteiger partial charge on any atom is 0.146 e. The minimum Gasteiger partial charge on any atom is -0.361 e. The second-order valence-corrected chi connectivity index (χ2v) is 15.6. The van der Waals surface area contributed by atoms with Crippen LogP contribution in [0.2, 0.25) is 25.7 Å². The zero-order chi connectivity index (χ0) is 21.8. The van der Waals surface area contributed by atoms with Gasteiger partial charge in [-0.3, -0.25) is 8.96 Å². The number of pyridine rings is 2. The lowest BCUT2D eigenvalue weighted by atomic mass is 9.92. The van der Waals surface area contributed by atoms with Gasteiger partial charge in [0.1, 0.15) is 23.8 Å². The topological polar surface area (TPSA) is 43.2 Å². The zero-order valence-electron chi connectivity index (χ0n) is 19.1. The Balaban J connectivity index is 1.56. The van der Waals surface area contributed by atoms with Crippen LogP contribution in [0.5, 0.6) is 0 Å². The van der Waals surface area contributed by atoms with E-state index in [4.69, 9.17) is 9.72 Å². The van der Waals surface area contributed by atoms with Crippen LogP contribution in [-0.2, 0) is 11.5 Å². The van der Waals surface area contributed by atoms with Crippen molar-refractivity contribution < 1.29 is 9.13 Å². The van der Waals surface area contributed by atoms with Crippen molar-refractivity contribution in [3.05, 3.63) is 30.5 Å². The third-order valence-electron chi connectivity index (χ3n) is 6.35. The first-order valence-corrected chi connectivity index (χ1v) is 15.3. The molecule has 7 heteroatoms. The summed E-state index contributed by atoms with van der Waals surface area (Å²) in [7, 11) is -1.13. The molecule has 4 heterocycles. The number of hydrogen-bond donors (Lipinski definition) is 0. The lowest BCUT2D eigenvalue weighted by Crippen LogP contribution is -2.34. The van der Waals surface area contributed by atoms with Crippen molar-refractivity contribution in [3.8, 4) is 0 Å². The van der Waals surface area contributed by atoms with Gasteiger partial charge < -0.3 is 9.64 Å². The number of anilines is 1. The van der Waals surface area contributed by atoms with E-state index in [9.17, 15) is 4.39 Å². The molecular formula is C24H35FN4OSi. The fourth-order valence-corrected chi connectivity index (χ4v) is 5.18. The molecule has 1 aliphatic heterocycles. The fourth-order valence-electron chi connectivity index (χ4n) is 4.43. The highest BCUT2D eigenvalue weighted by atomic mass is 28.3. The molecule has 0 amide bonds. The standard InChI is InChI=1S/C24H35FN4OSi/c1-31(2,3)17-16-30-18-29-23-20(7-5-13-26-23)21-8-9-22(27-24(21)29)28-14-10-19(11-15-28)6-4-12-25/h5,7-9,13,19H,4,6,10-12,14-18H2,1-3H3. The molecule has 0 aromatic carbocycles. The molecule has 0 atom stereocenters. The van der Waals surface area contributed by atoms with Gasteiger partial charge in [0, 0.05) is 44.7 Å². The molecular weight excluding hydrogens is 407 g/mol. The highest BCUT2D eigenvalue weighted by Gasteiger charge is 2.21. The van der Waals surface area contributed by atoms with Gasteiger partial charge in [0.05, 0.1) is 6.67 Å². The summed E-state index contributed by atoms with van der Waals surface area (Å²) in [4.78, 5) is 12.1. The van der Waals surface area contributed by atoms with Crippen LogP contribution < -0.4 is 4.90 Å². The van der Waals surface area contributed by atoms with Gasteiger partial charge in [0.25, 0.3) is 0 Å². The smallest absolute Gasteiger partial charge is 0.146 e. The van der Waals surface area contributed by atoms with E-state index >= 15 is 0 Å². The molecule has 0 aliphatic carbocycles. The number of rotatable bonds is 9. The summed E-state index contributed by atoms with van der Waals surface area (Å²) in [5.74, 6) is 1.66. The lowest BCUT2D eigenvalue weighted by molar-refractivity contribution is 0.0922. The summed E-state index contributed by atoms with van der Waals surface area (Å²) in [6.07, 6.45) is 5.77. The molecule has 0 spiro atoms. The van der Waals surface area contributed by atoms with Crippen molar-refractivity contribution in [2.24, 2.45) is 5.92 Å². The fraction of sp³-hybridized carbons (Fsp3) is 0.583. The van der Waals surface area contributed by atoms with Crippen LogP contribution in [-0.4, -0.2) is 49.0 Å². The molecule has 0 radical (unpaired) electrons. The van der Waals surface area contributed by atoms with Crippen molar-refractivity contribution >= 4 is 36.0 Å². The average molecular weight is 443 g/mol. The van der Waals surface area contributed by atoms with Crippen LogP contribution in [0.3, 0.4) is 0 Å². The molecule has 1 fully saturated rings. The predicted molar refractivity (Wildman–Crippen MR) is 129 cm³/mol. The van der Waals surface area contributed by atoms with Gasteiger partial charge in [0.2, 0.25) is 0 Å². The molecule has 0 saturated carbocycles. The number of ether oxygens (including phenoxy) is 1. The van der Waals surface area contributed by atoms with E-state index in [2.05, 4.69) is 52.3 Å². The van der Waals surface area contributed by atoms with Crippen molar-refractivity contribution in [2.45, 2.75) is 58.1 Å². The van der Waals surface area contributed by atoms with E-state index in [-0.39, 0.29) is 6.67 Å². The monoisotopic (exact) mass is 442 g/mol. The van der Waals surface area contributed by atoms with Crippen molar-refractivity contribution in [3.63, 3.8) is 0 Å². The summed E-state index contributed by atoms with van der Waals surface area (Å²) in [6, 6.07) is 9.55. The number of hydrogen-bond acceptors (Lipinski definition) is 4. The molecule has 31 heavy (non-hydrogen) atoms. The quantitative estimate of drug-likeness (QED) is 0.307. The predicted octanol–water partition coefficient (Wildman–Crippen LogP) is 5.86. The van der Waals surface area contributed by atoms with E-state index in [1.807, 2.05) is 12.3 Å². The van der Waals surface area contributed by atoms with Gasteiger partial charge in [-0.1, -0.05) is 19.6 Å². The first-order chi connectivity index (χ1) is 15.0. The molecule has 3 aromatic rings. The second-order valence-electron chi connectivity index (χ2n) is 9.95. The Bertz CT molecular complexity index is 1010. The third kappa shape index (κ3) is 5.26. The van der Waals surface area contributed by atoms with Gasteiger partial charge in [-0.15, -0.1) is 0 Å². The Morgan fingerprint density at radius 2 is 1.87 bits per heavy atom. The number of alkyl halides is 1. The normalized spacial score (nSPS) is 15.9. The molecule has 3 aromatic heterocycles. The Morgan fingerprint density at radius 3 is 2.61 bits per heavy atom. The van der Waals surface area contributed by atoms with Gasteiger partial charge in [-0.2, -0.15) is 0 Å². The minimum atomic E-state index is -1.13. The molecule has 0 N–H and O–H groups in total. The van der Waals surface area contributed by atoms with Gasteiger partial charge >= 0.3 is 0 Å². The van der Waals surface area contributed by atoms with E-state index < -0.39 is 8.07 Å². The van der Waals surface area contributed by atoms with Crippen molar-refractivity contribution in [1.82, 2.24) is 14.5 Å². The Labute approximate surface area is 185 Å². The maximum absolute atomic E-state index is 12.5. The molecule has 1 saturated heterocycles. The molecule has 0 bridgehead atoms. The number of piperidine rings is 1. The van der Waals surface area contributed by atoms with Crippen LogP contribution >= 0.6 is 0 Å². The summed E-state index contributed by atoms with van der Waals surface area (Å²) < 4.78 is 20.7.